The summed E-state index contributed by atoms with van der Waals surface area (Å²) in [6, 6.07) is 5.08. The predicted molar refractivity (Wildman–Crippen MR) is 108 cm³/mol. The number of nitrogens with two attached hydrogens (primary N) is 1. The highest BCUT2D eigenvalue weighted by molar-refractivity contribution is 6.01. The fourth-order valence-electron chi connectivity index (χ4n) is 3.47. The van der Waals surface area contributed by atoms with Crippen molar-refractivity contribution in [1.29, 1.82) is 0 Å². The summed E-state index contributed by atoms with van der Waals surface area (Å²) in [4.78, 5) is 29.9. The van der Waals surface area contributed by atoms with Crippen LogP contribution in [-0.4, -0.2) is 58.2 Å². The van der Waals surface area contributed by atoms with Crippen molar-refractivity contribution in [2.24, 2.45) is 5.73 Å². The molecule has 3 rings (SSSR count). The SMILES string of the molecule is CC(C)Oc1cc2c(O[C@@H]3CCCN(C(=O)[C@H](C)O)C3)ccnc2cc1C(N)=O. The molecule has 1 fully saturated rings. The Morgan fingerprint density at radius 3 is 2.69 bits per heavy atom. The first kappa shape index (κ1) is 20.9. The summed E-state index contributed by atoms with van der Waals surface area (Å²) in [5, 5.41) is 10.3. The molecule has 1 aromatic heterocycles. The molecule has 0 aliphatic carbocycles. The van der Waals surface area contributed by atoms with Crippen LogP contribution >= 0.6 is 0 Å². The molecule has 2 heterocycles. The molecule has 2 aromatic rings. The third kappa shape index (κ3) is 4.76. The van der Waals surface area contributed by atoms with Gasteiger partial charge < -0.3 is 25.2 Å². The van der Waals surface area contributed by atoms with E-state index in [1.54, 1.807) is 29.3 Å². The summed E-state index contributed by atoms with van der Waals surface area (Å²) in [5.74, 6) is 0.0928. The zero-order chi connectivity index (χ0) is 21.1. The summed E-state index contributed by atoms with van der Waals surface area (Å²) >= 11 is 0. The van der Waals surface area contributed by atoms with E-state index in [-0.39, 0.29) is 23.7 Å². The highest BCUT2D eigenvalue weighted by Gasteiger charge is 2.27. The largest absolute Gasteiger partial charge is 0.490 e. The Balaban J connectivity index is 1.91. The maximum Gasteiger partial charge on any atom is 0.252 e. The number of benzene rings is 1. The van der Waals surface area contributed by atoms with Gasteiger partial charge in [-0.1, -0.05) is 0 Å². The van der Waals surface area contributed by atoms with Gasteiger partial charge in [-0.15, -0.1) is 0 Å². The van der Waals surface area contributed by atoms with Gasteiger partial charge >= 0.3 is 0 Å². The number of fused-ring (bicyclic) bond motifs is 1. The molecule has 8 nitrogen and oxygen atoms in total. The molecule has 1 aliphatic heterocycles. The molecule has 0 spiro atoms. The Labute approximate surface area is 169 Å². The lowest BCUT2D eigenvalue weighted by molar-refractivity contribution is -0.141. The van der Waals surface area contributed by atoms with Crippen molar-refractivity contribution in [3.63, 3.8) is 0 Å². The quantitative estimate of drug-likeness (QED) is 0.764. The zero-order valence-electron chi connectivity index (χ0n) is 16.9. The van der Waals surface area contributed by atoms with Crippen LogP contribution < -0.4 is 15.2 Å². The van der Waals surface area contributed by atoms with Gasteiger partial charge in [-0.3, -0.25) is 14.6 Å². The van der Waals surface area contributed by atoms with Gasteiger partial charge in [0.15, 0.2) is 0 Å². The van der Waals surface area contributed by atoms with Gasteiger partial charge in [-0.05, 0) is 51.8 Å². The van der Waals surface area contributed by atoms with E-state index in [2.05, 4.69) is 4.98 Å². The summed E-state index contributed by atoms with van der Waals surface area (Å²) in [6.07, 6.45) is 1.82. The van der Waals surface area contributed by atoms with Gasteiger partial charge in [0.1, 0.15) is 23.7 Å². The van der Waals surface area contributed by atoms with E-state index in [1.165, 1.54) is 6.92 Å². The Morgan fingerprint density at radius 1 is 1.28 bits per heavy atom. The van der Waals surface area contributed by atoms with Gasteiger partial charge in [0.25, 0.3) is 11.8 Å². The van der Waals surface area contributed by atoms with E-state index < -0.39 is 12.0 Å². The lowest BCUT2D eigenvalue weighted by atomic mass is 10.1. The van der Waals surface area contributed by atoms with Gasteiger partial charge in [-0.25, -0.2) is 0 Å². The Bertz CT molecular complexity index is 913. The van der Waals surface area contributed by atoms with E-state index >= 15 is 0 Å². The second-order valence-electron chi connectivity index (χ2n) is 7.55. The van der Waals surface area contributed by atoms with E-state index in [0.717, 1.165) is 12.8 Å². The number of hydrogen-bond acceptors (Lipinski definition) is 6. The molecule has 0 radical (unpaired) electrons. The van der Waals surface area contributed by atoms with E-state index in [1.807, 2.05) is 13.8 Å². The number of pyridine rings is 1. The number of amides is 2. The molecule has 0 unspecified atom stereocenters. The van der Waals surface area contributed by atoms with Crippen LogP contribution in [0, 0.1) is 0 Å². The summed E-state index contributed by atoms with van der Waals surface area (Å²) in [5.41, 5.74) is 6.34. The molecular weight excluding hydrogens is 374 g/mol. The van der Waals surface area contributed by atoms with Gasteiger partial charge in [0.05, 0.1) is 23.7 Å². The van der Waals surface area contributed by atoms with Gasteiger partial charge in [0, 0.05) is 18.1 Å². The number of nitrogens with zero attached hydrogens (tertiary/aromatic N) is 2. The third-order valence-electron chi connectivity index (χ3n) is 4.77. The predicted octanol–water partition coefficient (Wildman–Crippen LogP) is 1.87. The van der Waals surface area contributed by atoms with Crippen molar-refractivity contribution in [2.75, 3.05) is 13.1 Å². The van der Waals surface area contributed by atoms with Crippen LogP contribution in [0.4, 0.5) is 0 Å². The number of ether oxygens (including phenoxy) is 2. The Hall–Kier alpha value is -2.87. The van der Waals surface area contributed by atoms with Crippen LogP contribution in [0.25, 0.3) is 10.9 Å². The topological polar surface area (TPSA) is 115 Å². The van der Waals surface area contributed by atoms with Crippen molar-refractivity contribution in [2.45, 2.75) is 51.9 Å². The van der Waals surface area contributed by atoms with Crippen LogP contribution in [0.1, 0.15) is 44.0 Å². The number of aliphatic hydroxyl groups is 1. The van der Waals surface area contributed by atoms with Crippen molar-refractivity contribution in [1.82, 2.24) is 9.88 Å². The van der Waals surface area contributed by atoms with Crippen LogP contribution in [0.5, 0.6) is 11.5 Å². The Morgan fingerprint density at radius 2 is 2.03 bits per heavy atom. The molecule has 3 N–H and O–H groups in total. The lowest BCUT2D eigenvalue weighted by Crippen LogP contribution is -2.47. The van der Waals surface area contributed by atoms with E-state index in [4.69, 9.17) is 15.2 Å². The summed E-state index contributed by atoms with van der Waals surface area (Å²) in [7, 11) is 0. The van der Waals surface area contributed by atoms with Crippen molar-refractivity contribution in [3.05, 3.63) is 30.0 Å². The molecule has 29 heavy (non-hydrogen) atoms. The number of carbonyl (C=O) groups excluding carboxylic acids is 2. The average Bonchev–Trinajstić information content (AvgIpc) is 2.67. The Kier molecular flexibility index (Phi) is 6.22. The third-order valence-corrected chi connectivity index (χ3v) is 4.77. The maximum atomic E-state index is 12.1. The van der Waals surface area contributed by atoms with Crippen molar-refractivity contribution >= 4 is 22.7 Å². The minimum Gasteiger partial charge on any atom is -0.490 e. The molecule has 1 saturated heterocycles. The number of aromatic nitrogens is 1. The highest BCUT2D eigenvalue weighted by Crippen LogP contribution is 2.32. The fourth-order valence-corrected chi connectivity index (χ4v) is 3.47. The number of likely N-dealkylation sites (tertiary alicyclic amines) is 1. The molecule has 1 aliphatic rings. The first-order chi connectivity index (χ1) is 13.8. The monoisotopic (exact) mass is 401 g/mol. The molecule has 8 heteroatoms. The second-order valence-corrected chi connectivity index (χ2v) is 7.55. The number of carbonyl (C=O) groups is 2. The number of rotatable bonds is 6. The van der Waals surface area contributed by atoms with Crippen LogP contribution in [0.2, 0.25) is 0 Å². The number of piperidine rings is 1. The molecule has 2 atom stereocenters. The zero-order valence-corrected chi connectivity index (χ0v) is 16.9. The molecule has 0 bridgehead atoms. The van der Waals surface area contributed by atoms with E-state index in [9.17, 15) is 14.7 Å². The van der Waals surface area contributed by atoms with Crippen molar-refractivity contribution < 1.29 is 24.2 Å². The first-order valence-corrected chi connectivity index (χ1v) is 9.79. The number of aliphatic hydroxyl groups excluding tert-OH is 1. The smallest absolute Gasteiger partial charge is 0.252 e. The highest BCUT2D eigenvalue weighted by atomic mass is 16.5. The molecular formula is C21H27N3O5. The molecule has 156 valence electrons. The second kappa shape index (κ2) is 8.65. The molecule has 0 saturated carbocycles. The minimum absolute atomic E-state index is 0.134. The maximum absolute atomic E-state index is 12.1. The van der Waals surface area contributed by atoms with Crippen molar-refractivity contribution in [3.8, 4) is 11.5 Å². The number of hydrogen-bond donors (Lipinski definition) is 2. The van der Waals surface area contributed by atoms with Gasteiger partial charge in [-0.2, -0.15) is 0 Å². The normalized spacial score (nSPS) is 18.0. The minimum atomic E-state index is -1.03. The number of primary amides is 1. The average molecular weight is 401 g/mol. The molecule has 1 aromatic carbocycles. The summed E-state index contributed by atoms with van der Waals surface area (Å²) < 4.78 is 12.0. The van der Waals surface area contributed by atoms with Crippen LogP contribution in [0.3, 0.4) is 0 Å². The van der Waals surface area contributed by atoms with Gasteiger partial charge in [0.2, 0.25) is 0 Å². The lowest BCUT2D eigenvalue weighted by Gasteiger charge is -2.33. The van der Waals surface area contributed by atoms with Crippen LogP contribution in [-0.2, 0) is 4.79 Å². The molecule has 2 amide bonds. The van der Waals surface area contributed by atoms with Crippen LogP contribution in [0.15, 0.2) is 24.4 Å². The fraction of sp³-hybridized carbons (Fsp3) is 0.476. The first-order valence-electron chi connectivity index (χ1n) is 9.79. The van der Waals surface area contributed by atoms with E-state index in [0.29, 0.717) is 35.5 Å². The standard InChI is InChI=1S/C21H27N3O5/c1-12(2)28-19-10-15-17(9-16(19)20(22)26)23-7-6-18(15)29-14-5-4-8-24(11-14)21(27)13(3)25/h6-7,9-10,12-14,25H,4-5,8,11H2,1-3H3,(H2,22,26)/t13-,14+/m0/s1. The summed E-state index contributed by atoms with van der Waals surface area (Å²) in [6.45, 7) is 6.21.